The van der Waals surface area contributed by atoms with Crippen LogP contribution in [0.25, 0.3) is 0 Å². The van der Waals surface area contributed by atoms with Crippen molar-refractivity contribution in [2.75, 3.05) is 38.7 Å². The van der Waals surface area contributed by atoms with Crippen molar-refractivity contribution in [3.8, 4) is 5.75 Å². The lowest BCUT2D eigenvalue weighted by Crippen LogP contribution is -2.46. The van der Waals surface area contributed by atoms with E-state index in [-0.39, 0.29) is 5.91 Å². The van der Waals surface area contributed by atoms with Crippen LogP contribution in [0.1, 0.15) is 6.92 Å². The molecule has 0 bridgehead atoms. The lowest BCUT2D eigenvalue weighted by Gasteiger charge is -2.29. The fourth-order valence-electron chi connectivity index (χ4n) is 2.08. The van der Waals surface area contributed by atoms with Crippen molar-refractivity contribution in [3.63, 3.8) is 0 Å². The monoisotopic (exact) mass is 308 g/mol. The highest BCUT2D eigenvalue weighted by Crippen LogP contribution is 2.18. The zero-order valence-corrected chi connectivity index (χ0v) is 12.7. The van der Waals surface area contributed by atoms with E-state index in [1.807, 2.05) is 0 Å². The summed E-state index contributed by atoms with van der Waals surface area (Å²) < 4.78 is 15.4. The Labute approximate surface area is 129 Å². The van der Waals surface area contributed by atoms with Gasteiger partial charge in [0.1, 0.15) is 5.75 Å². The van der Waals surface area contributed by atoms with Gasteiger partial charge in [-0.1, -0.05) is 0 Å². The zero-order valence-electron chi connectivity index (χ0n) is 12.7. The summed E-state index contributed by atoms with van der Waals surface area (Å²) >= 11 is 0. The first-order valence-corrected chi connectivity index (χ1v) is 7.08. The van der Waals surface area contributed by atoms with E-state index in [4.69, 9.17) is 9.47 Å². The summed E-state index contributed by atoms with van der Waals surface area (Å²) in [5.74, 6) is 0.504. The lowest BCUT2D eigenvalue weighted by atomic mass is 10.2. The highest BCUT2D eigenvalue weighted by atomic mass is 16.5. The molecule has 1 aliphatic rings. The number of nitrogens with one attached hydrogen (secondary N) is 1. The molecule has 1 heterocycles. The molecule has 0 aromatic heterocycles. The highest BCUT2D eigenvalue weighted by molar-refractivity contribution is 5.84. The quantitative estimate of drug-likeness (QED) is 0.912. The molecule has 1 atom stereocenters. The van der Waals surface area contributed by atoms with Crippen LogP contribution in [0.5, 0.6) is 5.75 Å². The van der Waals surface area contributed by atoms with Crippen molar-refractivity contribution in [2.24, 2.45) is 0 Å². The lowest BCUT2D eigenvalue weighted by molar-refractivity contribution is -0.142. The van der Waals surface area contributed by atoms with Gasteiger partial charge in [-0.25, -0.2) is 4.79 Å². The number of benzene rings is 1. The highest BCUT2D eigenvalue weighted by Gasteiger charge is 2.23. The maximum atomic E-state index is 12.2. The minimum absolute atomic E-state index is 0.0555. The van der Waals surface area contributed by atoms with Gasteiger partial charge in [0.15, 0.2) is 6.10 Å². The molecule has 0 radical (unpaired) electrons. The van der Waals surface area contributed by atoms with E-state index in [0.717, 1.165) is 0 Å². The molecular formula is C15H20N2O5. The minimum atomic E-state index is -0.572. The number of anilines is 1. The molecule has 0 saturated carbocycles. The summed E-state index contributed by atoms with van der Waals surface area (Å²) in [5, 5.41) is 2.54. The van der Waals surface area contributed by atoms with Gasteiger partial charge in [-0.2, -0.15) is 0 Å². The van der Waals surface area contributed by atoms with Gasteiger partial charge in [0, 0.05) is 18.8 Å². The van der Waals surface area contributed by atoms with Crippen molar-refractivity contribution in [1.29, 1.82) is 0 Å². The number of morpholine rings is 1. The number of nitrogens with zero attached hydrogens (tertiary/aromatic N) is 1. The van der Waals surface area contributed by atoms with Crippen LogP contribution < -0.4 is 10.1 Å². The molecular weight excluding hydrogens is 288 g/mol. The van der Waals surface area contributed by atoms with E-state index in [9.17, 15) is 9.59 Å². The molecule has 1 aromatic carbocycles. The molecule has 1 aromatic rings. The third kappa shape index (κ3) is 4.36. The fourth-order valence-corrected chi connectivity index (χ4v) is 2.08. The Morgan fingerprint density at radius 3 is 2.45 bits per heavy atom. The van der Waals surface area contributed by atoms with Crippen molar-refractivity contribution in [3.05, 3.63) is 24.3 Å². The summed E-state index contributed by atoms with van der Waals surface area (Å²) in [6.07, 6.45) is -1.11. The Morgan fingerprint density at radius 2 is 1.86 bits per heavy atom. The van der Waals surface area contributed by atoms with Gasteiger partial charge in [0.25, 0.3) is 5.91 Å². The van der Waals surface area contributed by atoms with Crippen LogP contribution in [0, 0.1) is 0 Å². The molecule has 120 valence electrons. The van der Waals surface area contributed by atoms with Gasteiger partial charge in [-0.3, -0.25) is 10.1 Å². The molecule has 1 saturated heterocycles. The van der Waals surface area contributed by atoms with Crippen LogP contribution in [0.15, 0.2) is 24.3 Å². The van der Waals surface area contributed by atoms with Crippen molar-refractivity contribution >= 4 is 17.7 Å². The molecule has 22 heavy (non-hydrogen) atoms. The Balaban J connectivity index is 1.89. The second-order valence-corrected chi connectivity index (χ2v) is 4.84. The van der Waals surface area contributed by atoms with Gasteiger partial charge in [-0.15, -0.1) is 0 Å². The summed E-state index contributed by atoms with van der Waals surface area (Å²) in [6.45, 7) is 4.03. The smallest absolute Gasteiger partial charge is 0.411 e. The SMILES string of the molecule is COC(=O)Nc1ccc(OC(C)C(=O)N2CCOCC2)cc1. The van der Waals surface area contributed by atoms with E-state index >= 15 is 0 Å². The summed E-state index contributed by atoms with van der Waals surface area (Å²) in [5.41, 5.74) is 0.589. The summed E-state index contributed by atoms with van der Waals surface area (Å²) in [4.78, 5) is 25.0. The molecule has 2 rings (SSSR count). The van der Waals surface area contributed by atoms with Crippen LogP contribution in [0.2, 0.25) is 0 Å². The molecule has 7 nitrogen and oxygen atoms in total. The van der Waals surface area contributed by atoms with Crippen LogP contribution in [-0.2, 0) is 14.3 Å². The van der Waals surface area contributed by atoms with Crippen molar-refractivity contribution < 1.29 is 23.8 Å². The van der Waals surface area contributed by atoms with E-state index in [1.165, 1.54) is 7.11 Å². The van der Waals surface area contributed by atoms with E-state index in [1.54, 1.807) is 36.1 Å². The Bertz CT molecular complexity index is 511. The largest absolute Gasteiger partial charge is 0.481 e. The molecule has 2 amide bonds. The van der Waals surface area contributed by atoms with Gasteiger partial charge in [0.05, 0.1) is 20.3 Å². The standard InChI is InChI=1S/C15H20N2O5/c1-11(14(18)17-7-9-21-10-8-17)22-13-5-3-12(4-6-13)16-15(19)20-2/h3-6,11H,7-10H2,1-2H3,(H,16,19). The average molecular weight is 308 g/mol. The fraction of sp³-hybridized carbons (Fsp3) is 0.467. The molecule has 1 unspecified atom stereocenters. The molecule has 0 aliphatic carbocycles. The first-order valence-electron chi connectivity index (χ1n) is 7.08. The number of rotatable bonds is 4. The van der Waals surface area contributed by atoms with Crippen LogP contribution in [0.3, 0.4) is 0 Å². The summed E-state index contributed by atoms with van der Waals surface area (Å²) in [6, 6.07) is 6.74. The second kappa shape index (κ2) is 7.65. The predicted octanol–water partition coefficient (Wildman–Crippen LogP) is 1.49. The maximum Gasteiger partial charge on any atom is 0.411 e. The van der Waals surface area contributed by atoms with Gasteiger partial charge in [0.2, 0.25) is 0 Å². The topological polar surface area (TPSA) is 77.1 Å². The predicted molar refractivity (Wildman–Crippen MR) is 80.0 cm³/mol. The van der Waals surface area contributed by atoms with Gasteiger partial charge >= 0.3 is 6.09 Å². The maximum absolute atomic E-state index is 12.2. The number of carbonyl (C=O) groups is 2. The summed E-state index contributed by atoms with van der Waals surface area (Å²) in [7, 11) is 1.30. The molecule has 1 aliphatic heterocycles. The van der Waals surface area contributed by atoms with E-state index in [2.05, 4.69) is 10.1 Å². The van der Waals surface area contributed by atoms with Crippen LogP contribution in [0.4, 0.5) is 10.5 Å². The number of amides is 2. The normalized spacial score (nSPS) is 15.8. The molecule has 0 spiro atoms. The third-order valence-electron chi connectivity index (χ3n) is 3.27. The van der Waals surface area contributed by atoms with Crippen LogP contribution in [-0.4, -0.2) is 56.4 Å². The second-order valence-electron chi connectivity index (χ2n) is 4.84. The Kier molecular flexibility index (Phi) is 5.60. The third-order valence-corrected chi connectivity index (χ3v) is 3.27. The number of hydrogen-bond acceptors (Lipinski definition) is 5. The molecule has 1 N–H and O–H groups in total. The first-order chi connectivity index (χ1) is 10.6. The van der Waals surface area contributed by atoms with Crippen molar-refractivity contribution in [1.82, 2.24) is 4.90 Å². The number of ether oxygens (including phenoxy) is 3. The van der Waals surface area contributed by atoms with Crippen molar-refractivity contribution in [2.45, 2.75) is 13.0 Å². The number of hydrogen-bond donors (Lipinski definition) is 1. The Hall–Kier alpha value is -2.28. The van der Waals surface area contributed by atoms with E-state index in [0.29, 0.717) is 37.7 Å². The van der Waals surface area contributed by atoms with Gasteiger partial charge < -0.3 is 19.1 Å². The van der Waals surface area contributed by atoms with E-state index < -0.39 is 12.2 Å². The Morgan fingerprint density at radius 1 is 1.23 bits per heavy atom. The van der Waals surface area contributed by atoms with Gasteiger partial charge in [-0.05, 0) is 31.2 Å². The zero-order chi connectivity index (χ0) is 15.9. The molecule has 1 fully saturated rings. The first kappa shape index (κ1) is 16.1. The minimum Gasteiger partial charge on any atom is -0.481 e. The average Bonchev–Trinajstić information content (AvgIpc) is 2.56. The molecule has 7 heteroatoms. The van der Waals surface area contributed by atoms with Crippen LogP contribution >= 0.6 is 0 Å². The number of carbonyl (C=O) groups excluding carboxylic acids is 2. The number of methoxy groups -OCH3 is 1.